The third-order valence-corrected chi connectivity index (χ3v) is 6.91. The van der Waals surface area contributed by atoms with E-state index in [4.69, 9.17) is 4.98 Å². The lowest BCUT2D eigenvalue weighted by molar-refractivity contribution is 0.192. The van der Waals surface area contributed by atoms with Gasteiger partial charge in [-0.05, 0) is 37.2 Å². The van der Waals surface area contributed by atoms with Gasteiger partial charge in [0.1, 0.15) is 16.2 Å². The first-order valence-corrected chi connectivity index (χ1v) is 11.7. The lowest BCUT2D eigenvalue weighted by Crippen LogP contribution is -2.29. The van der Waals surface area contributed by atoms with Gasteiger partial charge in [0.15, 0.2) is 0 Å². The highest BCUT2D eigenvalue weighted by Gasteiger charge is 2.25. The van der Waals surface area contributed by atoms with Crippen LogP contribution in [0.1, 0.15) is 30.7 Å². The minimum Gasteiger partial charge on any atom is -0.374 e. The molecule has 154 valence electrons. The van der Waals surface area contributed by atoms with Gasteiger partial charge < -0.3 is 21.1 Å². The molecule has 6 nitrogen and oxygen atoms in total. The zero-order valence-electron chi connectivity index (χ0n) is 16.7. The number of fused-ring (bicyclic) bond motifs is 1. The average Bonchev–Trinajstić information content (AvgIpc) is 3.32. The van der Waals surface area contributed by atoms with Gasteiger partial charge in [0, 0.05) is 52.8 Å². The number of thiophene rings is 1. The third-order valence-electron chi connectivity index (χ3n) is 4.89. The van der Waals surface area contributed by atoms with E-state index >= 15 is 0 Å². The molecule has 1 aliphatic rings. The molecule has 1 aliphatic heterocycles. The summed E-state index contributed by atoms with van der Waals surface area (Å²) < 4.78 is 0. The summed E-state index contributed by atoms with van der Waals surface area (Å²) in [6, 6.07) is 4.38. The maximum absolute atomic E-state index is 10.5. The molecule has 4 heterocycles. The Morgan fingerprint density at radius 2 is 2.10 bits per heavy atom. The molecule has 1 unspecified atom stereocenters. The van der Waals surface area contributed by atoms with Crippen LogP contribution in [0.3, 0.4) is 0 Å². The number of anilines is 1. The first-order valence-electron chi connectivity index (χ1n) is 10.0. The number of rotatable bonds is 8. The molecule has 0 amide bonds. The van der Waals surface area contributed by atoms with Gasteiger partial charge in [-0.25, -0.2) is 4.98 Å². The molecule has 0 saturated heterocycles. The monoisotopic (exact) mass is 429 g/mol. The first kappa shape index (κ1) is 20.4. The summed E-state index contributed by atoms with van der Waals surface area (Å²) in [4.78, 5) is 10.4. The Morgan fingerprint density at radius 3 is 2.90 bits per heavy atom. The van der Waals surface area contributed by atoms with Crippen molar-refractivity contribution in [1.82, 2.24) is 20.6 Å². The van der Waals surface area contributed by atoms with Crippen molar-refractivity contribution in [2.75, 3.05) is 18.4 Å². The second-order valence-electron chi connectivity index (χ2n) is 7.47. The predicted molar refractivity (Wildman–Crippen MR) is 121 cm³/mol. The van der Waals surface area contributed by atoms with Crippen molar-refractivity contribution >= 4 is 27.7 Å². The van der Waals surface area contributed by atoms with Crippen LogP contribution in [-0.4, -0.2) is 40.4 Å². The van der Waals surface area contributed by atoms with E-state index in [9.17, 15) is 5.11 Å². The van der Waals surface area contributed by atoms with E-state index in [1.807, 2.05) is 12.1 Å². The van der Waals surface area contributed by atoms with E-state index in [-0.39, 0.29) is 0 Å². The van der Waals surface area contributed by atoms with Crippen LogP contribution in [0.25, 0.3) is 21.8 Å². The molecule has 8 heteroatoms. The zero-order valence-corrected chi connectivity index (χ0v) is 18.4. The molecule has 0 radical (unpaired) electrons. The summed E-state index contributed by atoms with van der Waals surface area (Å²) in [5.41, 5.74) is 4.56. The summed E-state index contributed by atoms with van der Waals surface area (Å²) in [7, 11) is 0. The Morgan fingerprint density at radius 1 is 1.28 bits per heavy atom. The molecule has 0 spiro atoms. The molecule has 1 atom stereocenters. The first-order chi connectivity index (χ1) is 14.1. The van der Waals surface area contributed by atoms with E-state index in [1.54, 1.807) is 35.1 Å². The molecule has 0 aliphatic carbocycles. The van der Waals surface area contributed by atoms with Gasteiger partial charge in [0.2, 0.25) is 0 Å². The largest absolute Gasteiger partial charge is 0.374 e. The van der Waals surface area contributed by atoms with Crippen LogP contribution in [0.5, 0.6) is 0 Å². The summed E-state index contributed by atoms with van der Waals surface area (Å²) in [5.74, 6) is 0. The fraction of sp³-hybridized carbons (Fsp3) is 0.429. The van der Waals surface area contributed by atoms with Crippen molar-refractivity contribution in [3.63, 3.8) is 0 Å². The topological polar surface area (TPSA) is 82.1 Å². The summed E-state index contributed by atoms with van der Waals surface area (Å²) in [6.07, 6.45) is 4.63. The number of hydrogen-bond acceptors (Lipinski definition) is 8. The van der Waals surface area contributed by atoms with Crippen LogP contribution in [0.15, 0.2) is 29.9 Å². The quantitative estimate of drug-likeness (QED) is 0.409. The highest BCUT2D eigenvalue weighted by Crippen LogP contribution is 2.44. The number of aromatic nitrogens is 2. The van der Waals surface area contributed by atoms with E-state index in [1.165, 1.54) is 10.4 Å². The van der Waals surface area contributed by atoms with Crippen molar-refractivity contribution < 1.29 is 5.11 Å². The van der Waals surface area contributed by atoms with Crippen LogP contribution in [0.2, 0.25) is 0 Å². The highest BCUT2D eigenvalue weighted by atomic mass is 32.1. The number of nitrogens with zero attached hydrogens (tertiary/aromatic N) is 2. The highest BCUT2D eigenvalue weighted by molar-refractivity contribution is 7.18. The van der Waals surface area contributed by atoms with Crippen molar-refractivity contribution in [1.29, 1.82) is 0 Å². The van der Waals surface area contributed by atoms with Crippen LogP contribution in [-0.2, 0) is 13.0 Å². The number of hydrogen-bond donors (Lipinski definition) is 4. The predicted octanol–water partition coefficient (Wildman–Crippen LogP) is 3.70. The molecule has 29 heavy (non-hydrogen) atoms. The molecule has 3 aromatic heterocycles. The van der Waals surface area contributed by atoms with Gasteiger partial charge in [0.05, 0.1) is 5.69 Å². The van der Waals surface area contributed by atoms with Crippen LogP contribution < -0.4 is 16.0 Å². The second-order valence-corrected chi connectivity index (χ2v) is 9.43. The van der Waals surface area contributed by atoms with Gasteiger partial charge in [0.25, 0.3) is 0 Å². The number of nitrogens with one attached hydrogen (secondary N) is 3. The minimum atomic E-state index is -0.590. The van der Waals surface area contributed by atoms with E-state index in [2.05, 4.69) is 40.2 Å². The van der Waals surface area contributed by atoms with E-state index in [0.717, 1.165) is 52.9 Å². The fourth-order valence-electron chi connectivity index (χ4n) is 3.44. The normalized spacial score (nSPS) is 14.8. The lowest BCUT2D eigenvalue weighted by Gasteiger charge is -2.16. The Hall–Kier alpha value is -1.84. The van der Waals surface area contributed by atoms with Crippen LogP contribution in [0, 0.1) is 0 Å². The number of pyridine rings is 1. The number of aliphatic hydroxyl groups excluding tert-OH is 1. The summed E-state index contributed by atoms with van der Waals surface area (Å²) in [5, 5.41) is 24.8. The molecular weight excluding hydrogens is 402 g/mol. The average molecular weight is 430 g/mol. The van der Waals surface area contributed by atoms with Crippen molar-refractivity contribution in [2.45, 2.75) is 45.5 Å². The molecule has 4 rings (SSSR count). The standard InChI is InChI=1S/C21H27N5OS2/c1-13(2)24-10-6-18(27)26-21-19(15-5-9-23-11-17(15)29-21)20-25-16(12-28-20)14-3-7-22-8-4-14/h3-4,7-8,12-13,18,23-24,26-27H,5-6,9-11H2,1-2H3. The summed E-state index contributed by atoms with van der Waals surface area (Å²) in [6.45, 7) is 6.85. The van der Waals surface area contributed by atoms with Crippen molar-refractivity contribution in [3.05, 3.63) is 40.3 Å². The van der Waals surface area contributed by atoms with Crippen molar-refractivity contribution in [2.24, 2.45) is 0 Å². The minimum absolute atomic E-state index is 0.416. The van der Waals surface area contributed by atoms with Crippen molar-refractivity contribution in [3.8, 4) is 21.8 Å². The number of thiazole rings is 1. The molecule has 0 saturated carbocycles. The molecule has 0 bridgehead atoms. The zero-order chi connectivity index (χ0) is 20.2. The third kappa shape index (κ3) is 4.84. The Labute approximate surface area is 179 Å². The van der Waals surface area contributed by atoms with Gasteiger partial charge in [-0.2, -0.15) is 0 Å². The van der Waals surface area contributed by atoms with Gasteiger partial charge in [-0.3, -0.25) is 4.98 Å². The maximum Gasteiger partial charge on any atom is 0.127 e. The maximum atomic E-state index is 10.5. The molecule has 3 aromatic rings. The smallest absolute Gasteiger partial charge is 0.127 e. The Kier molecular flexibility index (Phi) is 6.56. The van der Waals surface area contributed by atoms with Gasteiger partial charge in [-0.15, -0.1) is 22.7 Å². The Bertz CT molecular complexity index is 938. The SMILES string of the molecule is CC(C)NCCC(O)Nc1sc2c(c1-c1nc(-c3ccncc3)cs1)CCNC2. The Balaban J connectivity index is 1.60. The summed E-state index contributed by atoms with van der Waals surface area (Å²) >= 11 is 3.39. The molecule has 0 aromatic carbocycles. The van der Waals surface area contributed by atoms with Gasteiger partial charge in [-0.1, -0.05) is 13.8 Å². The number of aliphatic hydroxyl groups is 1. The van der Waals surface area contributed by atoms with Crippen LogP contribution in [0.4, 0.5) is 5.00 Å². The molecule has 0 fully saturated rings. The molecular formula is C21H27N5OS2. The lowest BCUT2D eigenvalue weighted by atomic mass is 10.0. The molecule has 4 N–H and O–H groups in total. The van der Waals surface area contributed by atoms with Gasteiger partial charge >= 0.3 is 0 Å². The van der Waals surface area contributed by atoms with E-state index < -0.39 is 6.23 Å². The van der Waals surface area contributed by atoms with E-state index in [0.29, 0.717) is 12.5 Å². The second kappa shape index (κ2) is 9.32. The fourth-order valence-corrected chi connectivity index (χ4v) is 5.67. The van der Waals surface area contributed by atoms with Crippen LogP contribution >= 0.6 is 22.7 Å².